The van der Waals surface area contributed by atoms with Gasteiger partial charge in [0.05, 0.1) is 11.5 Å². The highest BCUT2D eigenvalue weighted by Gasteiger charge is 2.20. The second-order valence-corrected chi connectivity index (χ2v) is 7.38. The molecule has 0 radical (unpaired) electrons. The van der Waals surface area contributed by atoms with Gasteiger partial charge in [0.15, 0.2) is 0 Å². The molecule has 86 valence electrons. The number of sulfonamides is 1. The number of rotatable bonds is 6. The van der Waals surface area contributed by atoms with Crippen LogP contribution in [-0.2, 0) is 19.9 Å². The van der Waals surface area contributed by atoms with Gasteiger partial charge in [0.1, 0.15) is 9.84 Å². The first-order valence-corrected chi connectivity index (χ1v) is 8.05. The average molecular weight is 243 g/mol. The summed E-state index contributed by atoms with van der Waals surface area (Å²) in [7, 11) is -6.61. The minimum atomic E-state index is -3.40. The third-order valence-corrected chi connectivity index (χ3v) is 5.04. The van der Waals surface area contributed by atoms with Gasteiger partial charge in [0.2, 0.25) is 10.0 Å². The summed E-state index contributed by atoms with van der Waals surface area (Å²) < 4.78 is 45.9. The first-order valence-electron chi connectivity index (χ1n) is 4.38. The number of hydrogen-bond acceptors (Lipinski definition) is 4. The van der Waals surface area contributed by atoms with E-state index in [1.54, 1.807) is 13.8 Å². The molecular formula is C7H17NO4S2. The van der Waals surface area contributed by atoms with Crippen molar-refractivity contribution in [3.63, 3.8) is 0 Å². The molecule has 7 heteroatoms. The van der Waals surface area contributed by atoms with E-state index in [4.69, 9.17) is 0 Å². The minimum absolute atomic E-state index is 0.314. The molecule has 0 atom stereocenters. The molecular weight excluding hydrogens is 226 g/mol. The molecule has 0 bridgehead atoms. The fourth-order valence-corrected chi connectivity index (χ4v) is 4.10. The maximum absolute atomic E-state index is 11.5. The van der Waals surface area contributed by atoms with Crippen LogP contribution in [0.5, 0.6) is 0 Å². The van der Waals surface area contributed by atoms with E-state index < -0.39 is 19.9 Å². The summed E-state index contributed by atoms with van der Waals surface area (Å²) in [6.07, 6.45) is 1.03. The number of sulfone groups is 1. The van der Waals surface area contributed by atoms with Gasteiger partial charge in [-0.3, -0.25) is 0 Å². The first-order chi connectivity index (χ1) is 6.23. The van der Waals surface area contributed by atoms with Gasteiger partial charge in [-0.05, 0) is 0 Å². The summed E-state index contributed by atoms with van der Waals surface area (Å²) in [6, 6.07) is 0. The predicted octanol–water partition coefficient (Wildman–Crippen LogP) is -0.297. The Kier molecular flexibility index (Phi) is 5.03. The Hall–Kier alpha value is -0.140. The SMILES string of the molecule is CCN(CC)S(=O)(=O)CCS(C)(=O)=O. The number of nitrogens with zero attached hydrogens (tertiary/aromatic N) is 1. The van der Waals surface area contributed by atoms with Gasteiger partial charge in [0.25, 0.3) is 0 Å². The highest BCUT2D eigenvalue weighted by Crippen LogP contribution is 2.01. The second kappa shape index (κ2) is 5.09. The van der Waals surface area contributed by atoms with E-state index in [2.05, 4.69) is 0 Å². The maximum Gasteiger partial charge on any atom is 0.215 e. The van der Waals surface area contributed by atoms with Crippen LogP contribution in [-0.4, -0.2) is 52.0 Å². The number of hydrogen-bond donors (Lipinski definition) is 0. The Bertz CT molecular complexity index is 353. The van der Waals surface area contributed by atoms with Gasteiger partial charge in [0, 0.05) is 19.3 Å². The van der Waals surface area contributed by atoms with E-state index in [1.807, 2.05) is 0 Å². The molecule has 0 fully saturated rings. The van der Waals surface area contributed by atoms with Crippen LogP contribution in [0.4, 0.5) is 0 Å². The van der Waals surface area contributed by atoms with E-state index in [0.29, 0.717) is 13.1 Å². The van der Waals surface area contributed by atoms with Gasteiger partial charge < -0.3 is 0 Å². The molecule has 0 saturated carbocycles. The van der Waals surface area contributed by atoms with Crippen LogP contribution >= 0.6 is 0 Å². The third kappa shape index (κ3) is 4.92. The smallest absolute Gasteiger partial charge is 0.215 e. The van der Waals surface area contributed by atoms with E-state index in [0.717, 1.165) is 6.26 Å². The Morgan fingerprint density at radius 2 is 1.36 bits per heavy atom. The van der Waals surface area contributed by atoms with Crippen LogP contribution in [0.3, 0.4) is 0 Å². The first kappa shape index (κ1) is 13.9. The maximum atomic E-state index is 11.5. The van der Waals surface area contributed by atoms with Crippen LogP contribution in [0.15, 0.2) is 0 Å². The quantitative estimate of drug-likeness (QED) is 0.642. The Balaban J connectivity index is 4.50. The summed E-state index contributed by atoms with van der Waals surface area (Å²) in [5.41, 5.74) is 0. The highest BCUT2D eigenvalue weighted by molar-refractivity contribution is 7.93. The molecule has 0 aliphatic rings. The topological polar surface area (TPSA) is 71.5 Å². The average Bonchev–Trinajstić information content (AvgIpc) is 2.02. The predicted molar refractivity (Wildman–Crippen MR) is 56.4 cm³/mol. The minimum Gasteiger partial charge on any atom is -0.229 e. The third-order valence-electron chi connectivity index (χ3n) is 1.81. The van der Waals surface area contributed by atoms with E-state index >= 15 is 0 Å². The molecule has 0 heterocycles. The lowest BCUT2D eigenvalue weighted by Gasteiger charge is -2.17. The Labute approximate surface area is 86.1 Å². The molecule has 0 spiro atoms. The molecule has 0 aliphatic heterocycles. The molecule has 0 aromatic rings. The standard InChI is InChI=1S/C7H17NO4S2/c1-4-8(5-2)14(11,12)7-6-13(3,9)10/h4-7H2,1-3H3. The molecule has 5 nitrogen and oxygen atoms in total. The lowest BCUT2D eigenvalue weighted by Crippen LogP contribution is -2.34. The van der Waals surface area contributed by atoms with Crippen LogP contribution in [0, 0.1) is 0 Å². The van der Waals surface area contributed by atoms with Crippen molar-refractivity contribution in [2.45, 2.75) is 13.8 Å². The molecule has 0 aromatic carbocycles. The van der Waals surface area contributed by atoms with Gasteiger partial charge in [-0.2, -0.15) is 0 Å². The molecule has 0 aromatic heterocycles. The van der Waals surface area contributed by atoms with Crippen LogP contribution in [0.2, 0.25) is 0 Å². The molecule has 0 rings (SSSR count). The molecule has 0 saturated heterocycles. The van der Waals surface area contributed by atoms with Crippen molar-refractivity contribution in [2.24, 2.45) is 0 Å². The zero-order valence-electron chi connectivity index (χ0n) is 8.73. The van der Waals surface area contributed by atoms with Gasteiger partial charge in [-0.25, -0.2) is 21.1 Å². The molecule has 0 amide bonds. The van der Waals surface area contributed by atoms with Crippen molar-refractivity contribution in [2.75, 3.05) is 30.9 Å². The highest BCUT2D eigenvalue weighted by atomic mass is 32.2. The van der Waals surface area contributed by atoms with Gasteiger partial charge in [-0.1, -0.05) is 13.8 Å². The molecule has 0 N–H and O–H groups in total. The Morgan fingerprint density at radius 1 is 0.929 bits per heavy atom. The molecule has 14 heavy (non-hydrogen) atoms. The molecule has 0 aliphatic carbocycles. The fraction of sp³-hybridized carbons (Fsp3) is 1.00. The lowest BCUT2D eigenvalue weighted by atomic mass is 10.7. The van der Waals surface area contributed by atoms with Gasteiger partial charge >= 0.3 is 0 Å². The normalized spacial score (nSPS) is 13.4. The zero-order valence-corrected chi connectivity index (χ0v) is 10.4. The van der Waals surface area contributed by atoms with E-state index in [-0.39, 0.29) is 11.5 Å². The van der Waals surface area contributed by atoms with Gasteiger partial charge in [-0.15, -0.1) is 0 Å². The van der Waals surface area contributed by atoms with Crippen molar-refractivity contribution < 1.29 is 16.8 Å². The van der Waals surface area contributed by atoms with E-state index in [1.165, 1.54) is 4.31 Å². The second-order valence-electron chi connectivity index (χ2n) is 3.03. The van der Waals surface area contributed by atoms with E-state index in [9.17, 15) is 16.8 Å². The van der Waals surface area contributed by atoms with Crippen LogP contribution in [0.25, 0.3) is 0 Å². The molecule has 0 unspecified atom stereocenters. The fourth-order valence-electron chi connectivity index (χ4n) is 1.00. The van der Waals surface area contributed by atoms with Crippen LogP contribution < -0.4 is 0 Å². The summed E-state index contributed by atoms with van der Waals surface area (Å²) in [5.74, 6) is -0.640. The lowest BCUT2D eigenvalue weighted by molar-refractivity contribution is 0.446. The Morgan fingerprint density at radius 3 is 1.64 bits per heavy atom. The van der Waals surface area contributed by atoms with Crippen molar-refractivity contribution in [3.8, 4) is 0 Å². The summed E-state index contributed by atoms with van der Waals surface area (Å²) in [5, 5.41) is 0. The summed E-state index contributed by atoms with van der Waals surface area (Å²) in [6.45, 7) is 4.20. The van der Waals surface area contributed by atoms with Crippen molar-refractivity contribution in [3.05, 3.63) is 0 Å². The van der Waals surface area contributed by atoms with Crippen molar-refractivity contribution in [1.29, 1.82) is 0 Å². The monoisotopic (exact) mass is 243 g/mol. The zero-order chi connectivity index (χ0) is 11.4. The summed E-state index contributed by atoms with van der Waals surface area (Å²) >= 11 is 0. The largest absolute Gasteiger partial charge is 0.229 e. The van der Waals surface area contributed by atoms with Crippen molar-refractivity contribution >= 4 is 19.9 Å². The van der Waals surface area contributed by atoms with Crippen LogP contribution in [0.1, 0.15) is 13.8 Å². The van der Waals surface area contributed by atoms with Crippen molar-refractivity contribution in [1.82, 2.24) is 4.31 Å². The summed E-state index contributed by atoms with van der Waals surface area (Å²) in [4.78, 5) is 0.